The summed E-state index contributed by atoms with van der Waals surface area (Å²) in [5, 5.41) is 5.77. The Kier molecular flexibility index (Phi) is 6.10. The molecular weight excluding hydrogens is 192 g/mol. The molecule has 3 nitrogen and oxygen atoms in total. The van der Waals surface area contributed by atoms with Crippen LogP contribution in [0, 0.1) is 0 Å². The van der Waals surface area contributed by atoms with Crippen molar-refractivity contribution in [2.45, 2.75) is 19.9 Å². The summed E-state index contributed by atoms with van der Waals surface area (Å²) in [4.78, 5) is 10.6. The van der Waals surface area contributed by atoms with Gasteiger partial charge in [-0.25, -0.2) is 0 Å². The second kappa shape index (κ2) is 6.25. The number of thioether (sulfide) groups is 1. The number of nitrogens with one attached hydrogen (secondary N) is 2. The standard InChI is InChI=1S/C7H14N2OS2/c1-5(9-6(2)10)4-8-7(11)12-3/h5H,4H2,1-3H3,(H,8,11)(H,9,10). The van der Waals surface area contributed by atoms with Gasteiger partial charge in [0.15, 0.2) is 0 Å². The molecular formula is C7H14N2OS2. The highest BCUT2D eigenvalue weighted by atomic mass is 32.2. The lowest BCUT2D eigenvalue weighted by atomic mass is 10.3. The van der Waals surface area contributed by atoms with Crippen LogP contribution in [0.3, 0.4) is 0 Å². The number of thiocarbonyl (C=S) groups is 1. The van der Waals surface area contributed by atoms with Gasteiger partial charge in [-0.15, -0.1) is 11.8 Å². The molecule has 5 heteroatoms. The molecule has 0 aliphatic carbocycles. The van der Waals surface area contributed by atoms with Gasteiger partial charge in [-0.3, -0.25) is 4.79 Å². The van der Waals surface area contributed by atoms with E-state index in [1.165, 1.54) is 18.7 Å². The smallest absolute Gasteiger partial charge is 0.217 e. The molecule has 0 radical (unpaired) electrons. The normalized spacial score (nSPS) is 11.9. The van der Waals surface area contributed by atoms with Crippen molar-refractivity contribution in [1.82, 2.24) is 10.6 Å². The summed E-state index contributed by atoms with van der Waals surface area (Å²) in [6.45, 7) is 4.11. The molecule has 0 fully saturated rings. The van der Waals surface area contributed by atoms with Crippen molar-refractivity contribution >= 4 is 34.2 Å². The van der Waals surface area contributed by atoms with E-state index in [2.05, 4.69) is 10.6 Å². The summed E-state index contributed by atoms with van der Waals surface area (Å²) in [6, 6.07) is 0.118. The van der Waals surface area contributed by atoms with Gasteiger partial charge in [-0.2, -0.15) is 0 Å². The van der Waals surface area contributed by atoms with Gasteiger partial charge in [-0.05, 0) is 13.2 Å². The number of amides is 1. The van der Waals surface area contributed by atoms with E-state index in [0.29, 0.717) is 6.54 Å². The van der Waals surface area contributed by atoms with Crippen LogP contribution in [0.1, 0.15) is 13.8 Å². The van der Waals surface area contributed by atoms with E-state index < -0.39 is 0 Å². The zero-order valence-corrected chi connectivity index (χ0v) is 9.14. The molecule has 1 amide bonds. The van der Waals surface area contributed by atoms with Crippen LogP contribution >= 0.6 is 24.0 Å². The molecule has 0 aromatic carbocycles. The Morgan fingerprint density at radius 1 is 1.67 bits per heavy atom. The van der Waals surface area contributed by atoms with E-state index in [1.807, 2.05) is 13.2 Å². The quantitative estimate of drug-likeness (QED) is 0.669. The fourth-order valence-electron chi connectivity index (χ4n) is 0.707. The van der Waals surface area contributed by atoms with Gasteiger partial charge in [0.2, 0.25) is 5.91 Å². The Balaban J connectivity index is 3.50. The number of rotatable bonds is 3. The summed E-state index contributed by atoms with van der Waals surface area (Å²) in [6.07, 6.45) is 1.92. The van der Waals surface area contributed by atoms with Crippen molar-refractivity contribution in [2.75, 3.05) is 12.8 Å². The lowest BCUT2D eigenvalue weighted by Crippen LogP contribution is -2.39. The van der Waals surface area contributed by atoms with Crippen LogP contribution in [0.4, 0.5) is 0 Å². The molecule has 0 saturated heterocycles. The summed E-state index contributed by atoms with van der Waals surface area (Å²) in [5.41, 5.74) is 0. The summed E-state index contributed by atoms with van der Waals surface area (Å²) in [7, 11) is 0. The van der Waals surface area contributed by atoms with Crippen LogP contribution in [0.2, 0.25) is 0 Å². The minimum atomic E-state index is -0.0145. The first kappa shape index (κ1) is 11.7. The second-order valence-corrected chi connectivity index (χ2v) is 3.96. The average Bonchev–Trinajstić information content (AvgIpc) is 1.99. The molecule has 0 aliphatic rings. The number of hydrogen-bond acceptors (Lipinski definition) is 3. The first-order valence-corrected chi connectivity index (χ1v) is 5.28. The molecule has 0 aromatic heterocycles. The molecule has 0 aliphatic heterocycles. The molecule has 1 atom stereocenters. The fourth-order valence-corrected chi connectivity index (χ4v) is 1.02. The van der Waals surface area contributed by atoms with Crippen LogP contribution < -0.4 is 10.6 Å². The third-order valence-corrected chi connectivity index (χ3v) is 2.35. The Morgan fingerprint density at radius 3 is 2.67 bits per heavy atom. The van der Waals surface area contributed by atoms with Crippen LogP contribution in [-0.4, -0.2) is 29.1 Å². The minimum Gasteiger partial charge on any atom is -0.369 e. The fraction of sp³-hybridized carbons (Fsp3) is 0.714. The molecule has 12 heavy (non-hydrogen) atoms. The summed E-state index contributed by atoms with van der Waals surface area (Å²) >= 11 is 6.42. The maximum Gasteiger partial charge on any atom is 0.217 e. The first-order valence-electron chi connectivity index (χ1n) is 3.65. The van der Waals surface area contributed by atoms with Gasteiger partial charge in [0.1, 0.15) is 4.32 Å². The van der Waals surface area contributed by atoms with Crippen molar-refractivity contribution in [2.24, 2.45) is 0 Å². The zero-order valence-electron chi connectivity index (χ0n) is 7.51. The average molecular weight is 206 g/mol. The SMILES string of the molecule is CSC(=S)NCC(C)NC(C)=O. The maximum absolute atomic E-state index is 10.6. The maximum atomic E-state index is 10.6. The van der Waals surface area contributed by atoms with E-state index >= 15 is 0 Å². The highest BCUT2D eigenvalue weighted by Crippen LogP contribution is 1.93. The van der Waals surface area contributed by atoms with Gasteiger partial charge in [0, 0.05) is 19.5 Å². The van der Waals surface area contributed by atoms with E-state index in [9.17, 15) is 4.79 Å². The third kappa shape index (κ3) is 6.42. The van der Waals surface area contributed by atoms with E-state index in [0.717, 1.165) is 4.32 Å². The zero-order chi connectivity index (χ0) is 9.56. The van der Waals surface area contributed by atoms with Gasteiger partial charge >= 0.3 is 0 Å². The third-order valence-electron chi connectivity index (χ3n) is 1.19. The highest BCUT2D eigenvalue weighted by molar-refractivity contribution is 8.22. The molecule has 70 valence electrons. The molecule has 0 heterocycles. The van der Waals surface area contributed by atoms with Crippen LogP contribution in [0.15, 0.2) is 0 Å². The van der Waals surface area contributed by atoms with Gasteiger partial charge in [-0.1, -0.05) is 12.2 Å². The predicted molar refractivity (Wildman–Crippen MR) is 57.4 cm³/mol. The second-order valence-electron chi connectivity index (χ2n) is 2.47. The molecule has 0 spiro atoms. The van der Waals surface area contributed by atoms with Crippen molar-refractivity contribution in [1.29, 1.82) is 0 Å². The van der Waals surface area contributed by atoms with Crippen molar-refractivity contribution < 1.29 is 4.79 Å². The Hall–Kier alpha value is -0.290. The molecule has 0 bridgehead atoms. The molecule has 0 rings (SSSR count). The Labute approximate surface area is 82.7 Å². The van der Waals surface area contributed by atoms with Gasteiger partial charge in [0.05, 0.1) is 0 Å². The minimum absolute atomic E-state index is 0.0145. The predicted octanol–water partition coefficient (Wildman–Crippen LogP) is 0.748. The van der Waals surface area contributed by atoms with E-state index in [-0.39, 0.29) is 11.9 Å². The monoisotopic (exact) mass is 206 g/mol. The van der Waals surface area contributed by atoms with Gasteiger partial charge in [0.25, 0.3) is 0 Å². The molecule has 1 unspecified atom stereocenters. The van der Waals surface area contributed by atoms with Gasteiger partial charge < -0.3 is 10.6 Å². The first-order chi connectivity index (χ1) is 5.56. The lowest BCUT2D eigenvalue weighted by molar-refractivity contribution is -0.119. The van der Waals surface area contributed by atoms with Crippen LogP contribution in [0.5, 0.6) is 0 Å². The molecule has 2 N–H and O–H groups in total. The summed E-state index contributed by atoms with van der Waals surface area (Å²) < 4.78 is 0.757. The summed E-state index contributed by atoms with van der Waals surface area (Å²) in [5.74, 6) is -0.0145. The number of hydrogen-bond donors (Lipinski definition) is 2. The van der Waals surface area contributed by atoms with Crippen LogP contribution in [0.25, 0.3) is 0 Å². The Bertz CT molecular complexity index is 173. The number of carbonyl (C=O) groups excluding carboxylic acids is 1. The Morgan fingerprint density at radius 2 is 2.25 bits per heavy atom. The largest absolute Gasteiger partial charge is 0.369 e. The van der Waals surface area contributed by atoms with E-state index in [4.69, 9.17) is 12.2 Å². The molecule has 0 aromatic rings. The van der Waals surface area contributed by atoms with Crippen LogP contribution in [-0.2, 0) is 4.79 Å². The van der Waals surface area contributed by atoms with Crippen molar-refractivity contribution in [3.05, 3.63) is 0 Å². The molecule has 0 saturated carbocycles. The number of carbonyl (C=O) groups is 1. The van der Waals surface area contributed by atoms with Crippen molar-refractivity contribution in [3.8, 4) is 0 Å². The topological polar surface area (TPSA) is 41.1 Å². The highest BCUT2D eigenvalue weighted by Gasteiger charge is 2.02. The van der Waals surface area contributed by atoms with Crippen molar-refractivity contribution in [3.63, 3.8) is 0 Å². The lowest BCUT2D eigenvalue weighted by Gasteiger charge is -2.13. The van der Waals surface area contributed by atoms with E-state index in [1.54, 1.807) is 0 Å².